The van der Waals surface area contributed by atoms with Gasteiger partial charge < -0.3 is 0 Å². The molecule has 0 unspecified atom stereocenters. The van der Waals surface area contributed by atoms with E-state index in [-0.39, 0.29) is 0 Å². The number of rotatable bonds is 0. The summed E-state index contributed by atoms with van der Waals surface area (Å²) in [4.78, 5) is 0. The largest absolute Gasteiger partial charge is 0.0764 e. The second-order valence-corrected chi connectivity index (χ2v) is 3.12. The van der Waals surface area contributed by atoms with Gasteiger partial charge >= 0.3 is 0 Å². The third kappa shape index (κ3) is 4.33. The molecule has 0 N–H and O–H groups in total. The summed E-state index contributed by atoms with van der Waals surface area (Å²) in [5.41, 5.74) is 1.36. The van der Waals surface area contributed by atoms with Crippen LogP contribution in [0.4, 0.5) is 0 Å². The summed E-state index contributed by atoms with van der Waals surface area (Å²) in [6, 6.07) is 6.64. The summed E-state index contributed by atoms with van der Waals surface area (Å²) in [7, 11) is 0. The van der Waals surface area contributed by atoms with Gasteiger partial charge in [0, 0.05) is 0 Å². The van der Waals surface area contributed by atoms with Gasteiger partial charge in [-0.2, -0.15) is 0 Å². The highest BCUT2D eigenvalue weighted by Crippen LogP contribution is 1.96. The van der Waals surface area contributed by atoms with Crippen LogP contribution in [0.2, 0.25) is 0 Å². The first-order valence-corrected chi connectivity index (χ1v) is 6.13. The summed E-state index contributed by atoms with van der Waals surface area (Å²) in [6.07, 6.45) is 7.05. The van der Waals surface area contributed by atoms with Crippen LogP contribution in [0, 0.1) is 6.92 Å². The highest BCUT2D eigenvalue weighted by Gasteiger charge is 1.91. The normalized spacial score (nSPS) is 11.5. The summed E-state index contributed by atoms with van der Waals surface area (Å²) in [5.74, 6) is 0. The van der Waals surface area contributed by atoms with Crippen LogP contribution in [0.15, 0.2) is 18.2 Å². The molecule has 0 spiro atoms. The molecule has 0 aliphatic heterocycles. The molecule has 1 aliphatic carbocycles. The van der Waals surface area contributed by atoms with Gasteiger partial charge in [-0.3, -0.25) is 0 Å². The van der Waals surface area contributed by atoms with Gasteiger partial charge in [0.25, 0.3) is 0 Å². The Morgan fingerprint density at radius 3 is 1.93 bits per heavy atom. The second-order valence-electron chi connectivity index (χ2n) is 3.12. The van der Waals surface area contributed by atoms with Crippen molar-refractivity contribution >= 4 is 12.2 Å². The first-order valence-electron chi connectivity index (χ1n) is 6.13. The maximum atomic E-state index is 2.32. The van der Waals surface area contributed by atoms with Crippen LogP contribution in [0.5, 0.6) is 0 Å². The van der Waals surface area contributed by atoms with Crippen molar-refractivity contribution in [1.29, 1.82) is 0 Å². The van der Waals surface area contributed by atoms with Gasteiger partial charge in [0.1, 0.15) is 0 Å². The van der Waals surface area contributed by atoms with E-state index in [0.29, 0.717) is 0 Å². The predicted molar refractivity (Wildman–Crippen MR) is 71.3 cm³/mol. The van der Waals surface area contributed by atoms with Gasteiger partial charge in [0.15, 0.2) is 0 Å². The lowest BCUT2D eigenvalue weighted by Gasteiger charge is -1.99. The van der Waals surface area contributed by atoms with Crippen LogP contribution in [-0.2, 0) is 0 Å². The molecule has 1 aliphatic rings. The molecule has 1 aromatic carbocycles. The Kier molecular flexibility index (Phi) is 7.71. The highest BCUT2D eigenvalue weighted by molar-refractivity contribution is 5.39. The van der Waals surface area contributed by atoms with Crippen LogP contribution in [0.25, 0.3) is 12.2 Å². The van der Waals surface area contributed by atoms with E-state index < -0.39 is 0 Å². The van der Waals surface area contributed by atoms with Gasteiger partial charge in [0.05, 0.1) is 0 Å². The molecule has 2 rings (SSSR count). The summed E-state index contributed by atoms with van der Waals surface area (Å²) in [5, 5.41) is 2.82. The molecule has 0 amide bonds. The van der Waals surface area contributed by atoms with Crippen molar-refractivity contribution in [3.8, 4) is 0 Å². The molecule has 84 valence electrons. The lowest BCUT2D eigenvalue weighted by atomic mass is 10.1. The molecule has 15 heavy (non-hydrogen) atoms. The Hall–Kier alpha value is -1.04. The van der Waals surface area contributed by atoms with Crippen molar-refractivity contribution in [2.45, 2.75) is 47.5 Å². The quantitative estimate of drug-likeness (QED) is 0.607. The topological polar surface area (TPSA) is 0 Å². The molecular weight excluding hydrogens is 180 g/mol. The smallest absolute Gasteiger partial charge is 0.0224 e. The zero-order valence-electron chi connectivity index (χ0n) is 10.8. The Balaban J connectivity index is 0.000000442. The molecule has 0 heterocycles. The predicted octanol–water partition coefficient (Wildman–Crippen LogP) is 3.40. The summed E-state index contributed by atoms with van der Waals surface area (Å²) >= 11 is 0. The standard InChI is InChI=1S/C11H12.2C2H6/c1-9-6-7-10-4-2-3-5-11(10)8-9;2*1-2/h4-8H,2-3H2,1H3;2*1-2H3. The molecule has 0 fully saturated rings. The molecule has 0 atom stereocenters. The number of hydrogen-bond donors (Lipinski definition) is 0. The van der Waals surface area contributed by atoms with Crippen molar-refractivity contribution in [2.75, 3.05) is 0 Å². The van der Waals surface area contributed by atoms with Gasteiger partial charge in [0.2, 0.25) is 0 Å². The van der Waals surface area contributed by atoms with E-state index in [2.05, 4.69) is 37.3 Å². The fourth-order valence-electron chi connectivity index (χ4n) is 1.53. The molecule has 0 heteroatoms. The minimum Gasteiger partial charge on any atom is -0.0764 e. The summed E-state index contributed by atoms with van der Waals surface area (Å²) in [6.45, 7) is 10.1. The average Bonchev–Trinajstić information content (AvgIpc) is 2.34. The lowest BCUT2D eigenvalue weighted by Crippen LogP contribution is -2.26. The number of aryl methyl sites for hydroxylation is 1. The Morgan fingerprint density at radius 1 is 0.800 bits per heavy atom. The van der Waals surface area contributed by atoms with Gasteiger partial charge in [-0.1, -0.05) is 63.6 Å². The third-order valence-electron chi connectivity index (χ3n) is 2.14. The minimum absolute atomic E-state index is 1.20. The molecule has 0 bridgehead atoms. The highest BCUT2D eigenvalue weighted by atomic mass is 14.0. The van der Waals surface area contributed by atoms with Crippen molar-refractivity contribution in [1.82, 2.24) is 0 Å². The van der Waals surface area contributed by atoms with Crippen LogP contribution >= 0.6 is 0 Å². The maximum absolute atomic E-state index is 2.32. The Bertz CT molecular complexity index is 372. The number of hydrogen-bond acceptors (Lipinski definition) is 0. The zero-order chi connectivity index (χ0) is 11.7. The third-order valence-corrected chi connectivity index (χ3v) is 2.14. The van der Waals surface area contributed by atoms with Gasteiger partial charge in [-0.15, -0.1) is 0 Å². The molecule has 0 nitrogen and oxygen atoms in total. The fraction of sp³-hybridized carbons (Fsp3) is 0.467. The van der Waals surface area contributed by atoms with E-state index in [0.717, 1.165) is 0 Å². The van der Waals surface area contributed by atoms with E-state index >= 15 is 0 Å². The van der Waals surface area contributed by atoms with E-state index in [9.17, 15) is 0 Å². The number of benzene rings is 1. The maximum Gasteiger partial charge on any atom is -0.0224 e. The monoisotopic (exact) mass is 204 g/mol. The lowest BCUT2D eigenvalue weighted by molar-refractivity contribution is 1.11. The van der Waals surface area contributed by atoms with Gasteiger partial charge in [-0.05, 0) is 30.2 Å². The zero-order valence-corrected chi connectivity index (χ0v) is 10.8. The van der Waals surface area contributed by atoms with E-state index in [1.54, 1.807) is 0 Å². The second kappa shape index (κ2) is 8.28. The van der Waals surface area contributed by atoms with Crippen LogP contribution in [0.3, 0.4) is 0 Å². The van der Waals surface area contributed by atoms with Crippen LogP contribution in [0.1, 0.15) is 46.1 Å². The Morgan fingerprint density at radius 2 is 1.33 bits per heavy atom. The van der Waals surface area contributed by atoms with Crippen LogP contribution < -0.4 is 10.4 Å². The minimum atomic E-state index is 1.20. The van der Waals surface area contributed by atoms with Crippen molar-refractivity contribution in [3.05, 3.63) is 34.2 Å². The van der Waals surface area contributed by atoms with Gasteiger partial charge in [-0.25, -0.2) is 0 Å². The van der Waals surface area contributed by atoms with Crippen LogP contribution in [-0.4, -0.2) is 0 Å². The van der Waals surface area contributed by atoms with E-state index in [1.807, 2.05) is 27.7 Å². The molecule has 0 saturated carbocycles. The summed E-state index contributed by atoms with van der Waals surface area (Å²) < 4.78 is 0. The van der Waals surface area contributed by atoms with Crippen molar-refractivity contribution in [3.63, 3.8) is 0 Å². The fourth-order valence-corrected chi connectivity index (χ4v) is 1.53. The van der Waals surface area contributed by atoms with Crippen molar-refractivity contribution < 1.29 is 0 Å². The SMILES string of the molecule is CC.CC.Cc1ccc2c(c1)=CCCC=2. The molecule has 0 radical (unpaired) electrons. The Labute approximate surface area is 94.3 Å². The molecule has 1 aromatic rings. The molecular formula is C15H24. The first kappa shape index (κ1) is 14.0. The number of fused-ring (bicyclic) bond motifs is 1. The average molecular weight is 204 g/mol. The molecule has 0 saturated heterocycles. The van der Waals surface area contributed by atoms with E-state index in [4.69, 9.17) is 0 Å². The molecule has 0 aromatic heterocycles. The van der Waals surface area contributed by atoms with Crippen molar-refractivity contribution in [2.24, 2.45) is 0 Å². The first-order chi connectivity index (χ1) is 7.36. The van der Waals surface area contributed by atoms with E-state index in [1.165, 1.54) is 28.8 Å².